The molecular formula is C30H37NO3. The van der Waals surface area contributed by atoms with E-state index in [1.807, 2.05) is 38.1 Å². The molecule has 1 aliphatic heterocycles. The highest BCUT2D eigenvalue weighted by Crippen LogP contribution is 2.39. The third-order valence-corrected chi connectivity index (χ3v) is 5.90. The van der Waals surface area contributed by atoms with E-state index in [9.17, 15) is 9.90 Å². The summed E-state index contributed by atoms with van der Waals surface area (Å²) >= 11 is 0. The number of rotatable bonds is 5. The lowest BCUT2D eigenvalue weighted by Gasteiger charge is -2.39. The number of hydrogen-bond donors (Lipinski definition) is 1. The largest absolute Gasteiger partial charge is 0.508 e. The van der Waals surface area contributed by atoms with Gasteiger partial charge in [0, 0.05) is 18.3 Å². The van der Waals surface area contributed by atoms with Gasteiger partial charge in [-0.25, -0.2) is 4.79 Å². The van der Waals surface area contributed by atoms with Crippen molar-refractivity contribution in [3.63, 3.8) is 0 Å². The number of aromatic hydroxyl groups is 1. The molecule has 1 N–H and O–H groups in total. The predicted octanol–water partition coefficient (Wildman–Crippen LogP) is 6.96. The first kappa shape index (κ1) is 26.7. The van der Waals surface area contributed by atoms with Gasteiger partial charge in [-0.15, -0.1) is 0 Å². The standard InChI is InChI=1S/C27H27NO3.C2H6.CH4/c1-3-19-6-11-23(12-7-19)28-17-16-22-18-24(29)13-14-25(22)27(28)21-9-4-20(5-10-21)8-15-26(30)31-2;1-2;/h4-15,18,27,29H,3,16-17H2,1-2H3;1-2H3;1H4/b15-8+;;. The Morgan fingerprint density at radius 2 is 1.74 bits per heavy atom. The van der Waals surface area contributed by atoms with Gasteiger partial charge in [0.25, 0.3) is 0 Å². The molecule has 4 nitrogen and oxygen atoms in total. The number of carbonyl (C=O) groups excluding carboxylic acids is 1. The summed E-state index contributed by atoms with van der Waals surface area (Å²) in [4.78, 5) is 13.8. The molecule has 0 spiro atoms. The van der Waals surface area contributed by atoms with E-state index in [1.165, 1.54) is 41.1 Å². The van der Waals surface area contributed by atoms with Gasteiger partial charge in [0.1, 0.15) is 5.75 Å². The number of aryl methyl sites for hydroxylation is 1. The fraction of sp³-hybridized carbons (Fsp3) is 0.300. The Kier molecular flexibility index (Phi) is 9.93. The highest BCUT2D eigenvalue weighted by Gasteiger charge is 2.29. The van der Waals surface area contributed by atoms with Crippen LogP contribution in [0, 0.1) is 0 Å². The van der Waals surface area contributed by atoms with Crippen LogP contribution < -0.4 is 4.90 Å². The SMILES string of the molecule is C.CC.CCc1ccc(N2CCc3cc(O)ccc3C2c2ccc(/C=C/C(=O)OC)cc2)cc1. The monoisotopic (exact) mass is 459 g/mol. The summed E-state index contributed by atoms with van der Waals surface area (Å²) in [5, 5.41) is 9.99. The molecule has 1 unspecified atom stereocenters. The molecule has 0 aromatic heterocycles. The number of anilines is 1. The molecule has 0 saturated heterocycles. The Bertz CT molecular complexity index is 1090. The second kappa shape index (κ2) is 12.6. The lowest BCUT2D eigenvalue weighted by Crippen LogP contribution is -2.36. The summed E-state index contributed by atoms with van der Waals surface area (Å²) < 4.78 is 4.67. The van der Waals surface area contributed by atoms with Crippen molar-refractivity contribution in [1.82, 2.24) is 0 Å². The van der Waals surface area contributed by atoms with E-state index in [2.05, 4.69) is 53.0 Å². The van der Waals surface area contributed by atoms with Crippen molar-refractivity contribution in [3.05, 3.63) is 101 Å². The van der Waals surface area contributed by atoms with Crippen molar-refractivity contribution < 1.29 is 14.6 Å². The minimum atomic E-state index is -0.369. The molecule has 1 atom stereocenters. The molecule has 0 bridgehead atoms. The third-order valence-electron chi connectivity index (χ3n) is 5.90. The summed E-state index contributed by atoms with van der Waals surface area (Å²) in [7, 11) is 1.37. The van der Waals surface area contributed by atoms with E-state index < -0.39 is 0 Å². The van der Waals surface area contributed by atoms with Crippen LogP contribution in [-0.2, 0) is 22.4 Å². The van der Waals surface area contributed by atoms with Crippen LogP contribution in [-0.4, -0.2) is 24.7 Å². The van der Waals surface area contributed by atoms with Crippen LogP contribution >= 0.6 is 0 Å². The Labute approximate surface area is 204 Å². The number of carbonyl (C=O) groups is 1. The average molecular weight is 460 g/mol. The van der Waals surface area contributed by atoms with Crippen LogP contribution in [0.2, 0.25) is 0 Å². The third kappa shape index (κ3) is 6.07. The van der Waals surface area contributed by atoms with E-state index in [4.69, 9.17) is 0 Å². The highest BCUT2D eigenvalue weighted by atomic mass is 16.5. The topological polar surface area (TPSA) is 49.8 Å². The number of nitrogens with zero attached hydrogens (tertiary/aromatic N) is 1. The van der Waals surface area contributed by atoms with Crippen molar-refractivity contribution >= 4 is 17.7 Å². The number of benzene rings is 3. The van der Waals surface area contributed by atoms with Gasteiger partial charge in [-0.2, -0.15) is 0 Å². The Hall–Kier alpha value is -3.53. The quantitative estimate of drug-likeness (QED) is 0.331. The van der Waals surface area contributed by atoms with E-state index in [0.717, 1.165) is 24.9 Å². The molecule has 3 aromatic carbocycles. The van der Waals surface area contributed by atoms with E-state index in [0.29, 0.717) is 5.75 Å². The number of ether oxygens (including phenoxy) is 1. The van der Waals surface area contributed by atoms with Gasteiger partial charge < -0.3 is 14.7 Å². The van der Waals surface area contributed by atoms with Crippen LogP contribution in [0.15, 0.2) is 72.8 Å². The van der Waals surface area contributed by atoms with E-state index >= 15 is 0 Å². The molecular weight excluding hydrogens is 422 g/mol. The lowest BCUT2D eigenvalue weighted by molar-refractivity contribution is -0.134. The summed E-state index contributed by atoms with van der Waals surface area (Å²) in [6.07, 6.45) is 5.08. The first-order valence-electron chi connectivity index (χ1n) is 11.6. The maximum absolute atomic E-state index is 11.4. The Morgan fingerprint density at radius 1 is 1.06 bits per heavy atom. The highest BCUT2D eigenvalue weighted by molar-refractivity contribution is 5.86. The fourth-order valence-electron chi connectivity index (χ4n) is 4.20. The number of hydrogen-bond acceptors (Lipinski definition) is 4. The maximum atomic E-state index is 11.4. The molecule has 1 heterocycles. The summed E-state index contributed by atoms with van der Waals surface area (Å²) in [5.41, 5.74) is 7.01. The first-order chi connectivity index (χ1) is 16.1. The minimum Gasteiger partial charge on any atom is -0.508 e. The molecule has 1 aliphatic rings. The molecule has 0 fully saturated rings. The van der Waals surface area contributed by atoms with Gasteiger partial charge in [-0.3, -0.25) is 0 Å². The van der Waals surface area contributed by atoms with Gasteiger partial charge in [0.2, 0.25) is 0 Å². The van der Waals surface area contributed by atoms with Crippen LogP contribution in [0.1, 0.15) is 62.1 Å². The average Bonchev–Trinajstić information content (AvgIpc) is 2.88. The smallest absolute Gasteiger partial charge is 0.330 e. The number of phenols is 1. The van der Waals surface area contributed by atoms with E-state index in [-0.39, 0.29) is 19.4 Å². The molecule has 180 valence electrons. The number of methoxy groups -OCH3 is 1. The fourth-order valence-corrected chi connectivity index (χ4v) is 4.20. The summed E-state index contributed by atoms with van der Waals surface area (Å²) in [6.45, 7) is 7.04. The molecule has 4 rings (SSSR count). The van der Waals surface area contributed by atoms with Gasteiger partial charge in [0.15, 0.2) is 0 Å². The van der Waals surface area contributed by atoms with Gasteiger partial charge in [-0.1, -0.05) is 70.7 Å². The predicted molar refractivity (Wildman–Crippen MR) is 142 cm³/mol. The second-order valence-electron chi connectivity index (χ2n) is 7.77. The lowest BCUT2D eigenvalue weighted by atomic mass is 9.87. The molecule has 0 saturated carbocycles. The zero-order valence-corrected chi connectivity index (χ0v) is 19.9. The molecule has 34 heavy (non-hydrogen) atoms. The van der Waals surface area contributed by atoms with Crippen molar-refractivity contribution in [2.75, 3.05) is 18.6 Å². The van der Waals surface area contributed by atoms with Crippen LogP contribution in [0.4, 0.5) is 5.69 Å². The molecule has 0 aliphatic carbocycles. The van der Waals surface area contributed by atoms with Crippen LogP contribution in [0.3, 0.4) is 0 Å². The van der Waals surface area contributed by atoms with Gasteiger partial charge in [0.05, 0.1) is 13.2 Å². The van der Waals surface area contributed by atoms with Gasteiger partial charge in [-0.05, 0) is 71.0 Å². The van der Waals surface area contributed by atoms with E-state index in [1.54, 1.807) is 12.1 Å². The molecule has 0 radical (unpaired) electrons. The second-order valence-corrected chi connectivity index (χ2v) is 7.77. The van der Waals surface area contributed by atoms with Crippen molar-refractivity contribution in [2.45, 2.75) is 47.1 Å². The summed E-state index contributed by atoms with van der Waals surface area (Å²) in [6, 6.07) is 22.8. The normalized spacial score (nSPS) is 14.5. The Balaban J connectivity index is 0.00000133. The number of phenolic OH excluding ortho intramolecular Hbond substituents is 1. The first-order valence-corrected chi connectivity index (χ1v) is 11.6. The minimum absolute atomic E-state index is 0. The zero-order valence-electron chi connectivity index (χ0n) is 19.9. The summed E-state index contributed by atoms with van der Waals surface area (Å²) in [5.74, 6) is -0.0617. The van der Waals surface area contributed by atoms with Crippen molar-refractivity contribution in [1.29, 1.82) is 0 Å². The van der Waals surface area contributed by atoms with Crippen molar-refractivity contribution in [2.24, 2.45) is 0 Å². The zero-order chi connectivity index (χ0) is 23.8. The molecule has 0 amide bonds. The van der Waals surface area contributed by atoms with Crippen LogP contribution in [0.25, 0.3) is 6.08 Å². The van der Waals surface area contributed by atoms with Crippen molar-refractivity contribution in [3.8, 4) is 5.75 Å². The number of fused-ring (bicyclic) bond motifs is 1. The number of esters is 1. The maximum Gasteiger partial charge on any atom is 0.330 e. The molecule has 3 aromatic rings. The van der Waals surface area contributed by atoms with Crippen LogP contribution in [0.5, 0.6) is 5.75 Å². The van der Waals surface area contributed by atoms with Gasteiger partial charge >= 0.3 is 5.97 Å². The Morgan fingerprint density at radius 3 is 2.35 bits per heavy atom. The molecule has 4 heteroatoms.